The first-order valence-corrected chi connectivity index (χ1v) is 8.80. The maximum Gasteiger partial charge on any atom is 0.161 e. The predicted molar refractivity (Wildman–Crippen MR) is 113 cm³/mol. The minimum atomic E-state index is -0.486. The summed E-state index contributed by atoms with van der Waals surface area (Å²) in [5, 5.41) is 3.97. The highest BCUT2D eigenvalue weighted by atomic mass is 35.5. The lowest BCUT2D eigenvalue weighted by atomic mass is 10.1. The van der Waals surface area contributed by atoms with E-state index in [-0.39, 0.29) is 5.02 Å². The Morgan fingerprint density at radius 1 is 1.25 bits per heavy atom. The molecule has 3 aromatic rings. The highest BCUT2D eigenvalue weighted by Gasteiger charge is 2.12. The average molecular weight is 397 g/mol. The van der Waals surface area contributed by atoms with Gasteiger partial charge in [0.2, 0.25) is 0 Å². The largest absolute Gasteiger partial charge is 0.497 e. The van der Waals surface area contributed by atoms with Crippen molar-refractivity contribution in [2.75, 3.05) is 12.4 Å². The molecule has 0 bridgehead atoms. The molecule has 3 rings (SSSR count). The number of hydrogen-bond donors (Lipinski definition) is 1. The Morgan fingerprint density at radius 3 is 2.75 bits per heavy atom. The smallest absolute Gasteiger partial charge is 0.161 e. The van der Waals surface area contributed by atoms with Gasteiger partial charge in [-0.25, -0.2) is 14.4 Å². The molecule has 1 heterocycles. The summed E-state index contributed by atoms with van der Waals surface area (Å²) in [6.45, 7) is 5.33. The molecule has 0 saturated carbocycles. The maximum absolute atomic E-state index is 13.5. The highest BCUT2D eigenvalue weighted by Crippen LogP contribution is 2.30. The number of anilines is 2. The first-order chi connectivity index (χ1) is 13.5. The van der Waals surface area contributed by atoms with Crippen molar-refractivity contribution >= 4 is 46.3 Å². The van der Waals surface area contributed by atoms with Gasteiger partial charge in [0.05, 0.1) is 17.6 Å². The molecule has 142 valence electrons. The van der Waals surface area contributed by atoms with E-state index in [0.29, 0.717) is 23.1 Å². The summed E-state index contributed by atoms with van der Waals surface area (Å²) in [5.74, 6) is 1.24. The summed E-state index contributed by atoms with van der Waals surface area (Å²) in [7, 11) is 1.59. The number of benzene rings is 2. The van der Waals surface area contributed by atoms with E-state index in [9.17, 15) is 4.39 Å². The number of ether oxygens (including phenoxy) is 1. The Labute approximate surface area is 167 Å². The van der Waals surface area contributed by atoms with Gasteiger partial charge in [0.25, 0.3) is 0 Å². The number of aliphatic imine (C=N–C) groups is 1. The van der Waals surface area contributed by atoms with E-state index in [0.717, 1.165) is 16.5 Å². The van der Waals surface area contributed by atoms with Crippen molar-refractivity contribution in [3.8, 4) is 5.75 Å². The van der Waals surface area contributed by atoms with Crippen molar-refractivity contribution in [3.63, 3.8) is 0 Å². The molecule has 7 heteroatoms. The zero-order valence-electron chi connectivity index (χ0n) is 15.4. The Hall–Kier alpha value is -3.25. The molecule has 2 aromatic carbocycles. The van der Waals surface area contributed by atoms with Crippen molar-refractivity contribution in [1.29, 1.82) is 0 Å². The van der Waals surface area contributed by atoms with Crippen LogP contribution in [-0.4, -0.2) is 23.8 Å². The minimum Gasteiger partial charge on any atom is -0.497 e. The summed E-state index contributed by atoms with van der Waals surface area (Å²) >= 11 is 5.91. The van der Waals surface area contributed by atoms with Crippen LogP contribution in [0.15, 0.2) is 59.7 Å². The molecule has 0 aliphatic carbocycles. The highest BCUT2D eigenvalue weighted by molar-refractivity contribution is 6.31. The zero-order valence-corrected chi connectivity index (χ0v) is 16.2. The molecule has 0 fully saturated rings. The lowest BCUT2D eigenvalue weighted by Gasteiger charge is -2.13. The van der Waals surface area contributed by atoms with Crippen LogP contribution in [0.3, 0.4) is 0 Å². The molecule has 0 aliphatic rings. The Morgan fingerprint density at radius 2 is 2.07 bits per heavy atom. The van der Waals surface area contributed by atoms with Crippen LogP contribution < -0.4 is 10.1 Å². The molecule has 1 aromatic heterocycles. The second-order valence-corrected chi connectivity index (χ2v) is 6.18. The molecule has 0 radical (unpaired) electrons. The number of nitrogens with zero attached hydrogens (tertiary/aromatic N) is 3. The van der Waals surface area contributed by atoms with Gasteiger partial charge in [0.15, 0.2) is 5.82 Å². The van der Waals surface area contributed by atoms with Gasteiger partial charge in [-0.1, -0.05) is 17.7 Å². The summed E-state index contributed by atoms with van der Waals surface area (Å²) in [6, 6.07) is 9.91. The summed E-state index contributed by atoms with van der Waals surface area (Å²) in [6.07, 6.45) is 5.23. The van der Waals surface area contributed by atoms with Crippen LogP contribution in [0.2, 0.25) is 5.02 Å². The molecule has 0 spiro atoms. The molecule has 0 amide bonds. The fourth-order valence-corrected chi connectivity index (χ4v) is 2.78. The topological polar surface area (TPSA) is 59.4 Å². The van der Waals surface area contributed by atoms with E-state index in [1.165, 1.54) is 12.1 Å². The fourth-order valence-electron chi connectivity index (χ4n) is 2.60. The van der Waals surface area contributed by atoms with Crippen molar-refractivity contribution in [1.82, 2.24) is 9.97 Å². The molecule has 5 nitrogen and oxygen atoms in total. The van der Waals surface area contributed by atoms with Gasteiger partial charge in [0.1, 0.15) is 17.4 Å². The van der Waals surface area contributed by atoms with Crippen molar-refractivity contribution in [2.24, 2.45) is 4.99 Å². The van der Waals surface area contributed by atoms with Crippen LogP contribution in [-0.2, 0) is 0 Å². The van der Waals surface area contributed by atoms with E-state index in [2.05, 4.69) is 27.0 Å². The van der Waals surface area contributed by atoms with E-state index in [4.69, 9.17) is 16.3 Å². The molecule has 0 unspecified atom stereocenters. The van der Waals surface area contributed by atoms with Gasteiger partial charge in [0, 0.05) is 22.8 Å². The lowest BCUT2D eigenvalue weighted by molar-refractivity contribution is 0.415. The van der Waals surface area contributed by atoms with Crippen molar-refractivity contribution in [3.05, 3.63) is 71.4 Å². The lowest BCUT2D eigenvalue weighted by Crippen LogP contribution is -2.02. The van der Waals surface area contributed by atoms with Gasteiger partial charge in [-0.3, -0.25) is 4.99 Å². The Balaban J connectivity index is 2.17. The van der Waals surface area contributed by atoms with Crippen molar-refractivity contribution < 1.29 is 9.13 Å². The maximum atomic E-state index is 13.5. The van der Waals surface area contributed by atoms with Gasteiger partial charge in [-0.15, -0.1) is 0 Å². The number of allylic oxidation sites excluding steroid dienone is 3. The van der Waals surface area contributed by atoms with Gasteiger partial charge < -0.3 is 10.1 Å². The molecule has 0 atom stereocenters. The first kappa shape index (κ1) is 19.5. The third-order valence-electron chi connectivity index (χ3n) is 4.01. The first-order valence-electron chi connectivity index (χ1n) is 8.42. The molecular formula is C21H18ClFN4O. The van der Waals surface area contributed by atoms with Crippen LogP contribution in [0.25, 0.3) is 16.5 Å². The quantitative estimate of drug-likeness (QED) is 0.423. The standard InChI is InChI=1S/C21H18ClFN4O/c1-4-13(9-10-24-2)20-26-19-8-6-15(28-3)12-16(19)21(27-20)25-14-5-7-18(23)17(22)11-14/h4-12H,2H2,1,3H3,(H,25,26,27)/b10-9-,13-4+. The Bertz CT molecular complexity index is 1100. The summed E-state index contributed by atoms with van der Waals surface area (Å²) < 4.78 is 18.8. The molecular weight excluding hydrogens is 379 g/mol. The van der Waals surface area contributed by atoms with Crippen molar-refractivity contribution in [2.45, 2.75) is 6.92 Å². The van der Waals surface area contributed by atoms with Crippen LogP contribution in [0.1, 0.15) is 12.7 Å². The number of hydrogen-bond acceptors (Lipinski definition) is 5. The summed E-state index contributed by atoms with van der Waals surface area (Å²) in [5.41, 5.74) is 2.11. The number of halogens is 2. The zero-order chi connectivity index (χ0) is 20.1. The predicted octanol–water partition coefficient (Wildman–Crippen LogP) is 5.79. The van der Waals surface area contributed by atoms with E-state index >= 15 is 0 Å². The van der Waals surface area contributed by atoms with Gasteiger partial charge in [-0.2, -0.15) is 0 Å². The van der Waals surface area contributed by atoms with Crippen LogP contribution in [0.5, 0.6) is 5.75 Å². The number of aromatic nitrogens is 2. The van der Waals surface area contributed by atoms with Crippen LogP contribution >= 0.6 is 11.6 Å². The van der Waals surface area contributed by atoms with E-state index in [1.54, 1.807) is 25.5 Å². The monoisotopic (exact) mass is 396 g/mol. The fraction of sp³-hybridized carbons (Fsp3) is 0.0952. The normalized spacial score (nSPS) is 11.8. The number of methoxy groups -OCH3 is 1. The third-order valence-corrected chi connectivity index (χ3v) is 4.30. The second-order valence-electron chi connectivity index (χ2n) is 5.78. The minimum absolute atomic E-state index is 0.0234. The van der Waals surface area contributed by atoms with E-state index < -0.39 is 5.82 Å². The molecule has 1 N–H and O–H groups in total. The molecule has 0 saturated heterocycles. The molecule has 28 heavy (non-hydrogen) atoms. The SMILES string of the molecule is C=N/C=C\C(=C/C)c1nc(Nc2ccc(F)c(Cl)c2)c2cc(OC)ccc2n1. The second kappa shape index (κ2) is 8.63. The number of nitrogens with one attached hydrogen (secondary N) is 1. The van der Waals surface area contributed by atoms with Gasteiger partial charge >= 0.3 is 0 Å². The van der Waals surface area contributed by atoms with Crippen LogP contribution in [0, 0.1) is 5.82 Å². The third kappa shape index (κ3) is 4.18. The van der Waals surface area contributed by atoms with Gasteiger partial charge in [-0.05, 0) is 56.1 Å². The number of fused-ring (bicyclic) bond motifs is 1. The molecule has 0 aliphatic heterocycles. The summed E-state index contributed by atoms with van der Waals surface area (Å²) in [4.78, 5) is 13.0. The Kier molecular flexibility index (Phi) is 6.01. The van der Waals surface area contributed by atoms with E-state index in [1.807, 2.05) is 31.2 Å². The van der Waals surface area contributed by atoms with Crippen LogP contribution in [0.4, 0.5) is 15.9 Å². The number of rotatable bonds is 6. The average Bonchev–Trinajstić information content (AvgIpc) is 2.71.